The van der Waals surface area contributed by atoms with E-state index in [9.17, 15) is 0 Å². The summed E-state index contributed by atoms with van der Waals surface area (Å²) >= 11 is 0. The van der Waals surface area contributed by atoms with Gasteiger partial charge in [0.2, 0.25) is 5.96 Å². The average Bonchev–Trinajstić information content (AvgIpc) is 2.49. The summed E-state index contributed by atoms with van der Waals surface area (Å²) in [6, 6.07) is 22.5. The first-order valence-corrected chi connectivity index (χ1v) is 6.60. The summed E-state index contributed by atoms with van der Waals surface area (Å²) in [5.41, 5.74) is 3.10. The molecule has 96 valence electrons. The van der Waals surface area contributed by atoms with Crippen molar-refractivity contribution < 1.29 is 0 Å². The zero-order valence-corrected chi connectivity index (χ0v) is 10.8. The second-order valence-electron chi connectivity index (χ2n) is 4.76. The van der Waals surface area contributed by atoms with Crippen molar-refractivity contribution in [3.8, 4) is 0 Å². The van der Waals surface area contributed by atoms with Gasteiger partial charge in [0.05, 0.1) is 11.4 Å². The first-order chi connectivity index (χ1) is 9.90. The Kier molecular flexibility index (Phi) is 2.42. The maximum absolute atomic E-state index is 4.65. The van der Waals surface area contributed by atoms with Crippen molar-refractivity contribution in [1.29, 1.82) is 0 Å². The van der Waals surface area contributed by atoms with Gasteiger partial charge in [-0.05, 0) is 29.7 Å². The van der Waals surface area contributed by atoms with Gasteiger partial charge < -0.3 is 10.6 Å². The molecule has 0 bridgehead atoms. The fraction of sp³-hybridized carbons (Fsp3) is 0. The summed E-state index contributed by atoms with van der Waals surface area (Å²) in [6.45, 7) is 0. The molecular weight excluding hydrogens is 246 g/mol. The van der Waals surface area contributed by atoms with Crippen LogP contribution in [0.1, 0.15) is 0 Å². The number of hydrogen-bond acceptors (Lipinski definition) is 3. The molecule has 1 aliphatic heterocycles. The highest BCUT2D eigenvalue weighted by atomic mass is 15.2. The van der Waals surface area contributed by atoms with Gasteiger partial charge in [-0.25, -0.2) is 4.99 Å². The van der Waals surface area contributed by atoms with Gasteiger partial charge in [0, 0.05) is 11.1 Å². The van der Waals surface area contributed by atoms with Crippen LogP contribution < -0.4 is 10.6 Å². The lowest BCUT2D eigenvalue weighted by atomic mass is 10.1. The molecule has 0 amide bonds. The molecule has 3 aromatic carbocycles. The minimum Gasteiger partial charge on any atom is -0.326 e. The van der Waals surface area contributed by atoms with E-state index in [0.29, 0.717) is 0 Å². The van der Waals surface area contributed by atoms with Gasteiger partial charge in [-0.1, -0.05) is 42.5 Å². The molecule has 0 saturated carbocycles. The number of anilines is 2. The highest BCUT2D eigenvalue weighted by Crippen LogP contribution is 2.35. The summed E-state index contributed by atoms with van der Waals surface area (Å²) in [5, 5.41) is 9.03. The highest BCUT2D eigenvalue weighted by Gasteiger charge is 2.13. The maximum Gasteiger partial charge on any atom is 0.205 e. The largest absolute Gasteiger partial charge is 0.326 e. The van der Waals surface area contributed by atoms with Crippen molar-refractivity contribution in [3.63, 3.8) is 0 Å². The van der Waals surface area contributed by atoms with Gasteiger partial charge in [-0.15, -0.1) is 0 Å². The van der Waals surface area contributed by atoms with E-state index in [2.05, 4.69) is 39.9 Å². The van der Waals surface area contributed by atoms with Crippen molar-refractivity contribution in [2.45, 2.75) is 0 Å². The van der Waals surface area contributed by atoms with Crippen LogP contribution in [0.5, 0.6) is 0 Å². The van der Waals surface area contributed by atoms with E-state index in [1.165, 1.54) is 10.8 Å². The summed E-state index contributed by atoms with van der Waals surface area (Å²) in [6.07, 6.45) is 0. The minimum atomic E-state index is 0.752. The molecule has 1 heterocycles. The topological polar surface area (TPSA) is 36.4 Å². The average molecular weight is 259 g/mol. The third-order valence-corrected chi connectivity index (χ3v) is 3.40. The van der Waals surface area contributed by atoms with E-state index < -0.39 is 0 Å². The second-order valence-corrected chi connectivity index (χ2v) is 4.76. The molecule has 0 aromatic heterocycles. The quantitative estimate of drug-likeness (QED) is 0.681. The van der Waals surface area contributed by atoms with E-state index in [4.69, 9.17) is 0 Å². The number of hydrogen-bond donors (Lipinski definition) is 2. The Hall–Kier alpha value is -2.81. The number of nitrogens with zero attached hydrogens (tertiary/aromatic N) is 1. The van der Waals surface area contributed by atoms with Crippen LogP contribution in [0.3, 0.4) is 0 Å². The van der Waals surface area contributed by atoms with Crippen molar-refractivity contribution in [2.75, 3.05) is 10.6 Å². The van der Waals surface area contributed by atoms with Crippen LogP contribution in [0.25, 0.3) is 10.8 Å². The molecule has 0 radical (unpaired) electrons. The van der Waals surface area contributed by atoms with Crippen molar-refractivity contribution >= 4 is 33.8 Å². The van der Waals surface area contributed by atoms with Gasteiger partial charge in [-0.2, -0.15) is 0 Å². The van der Waals surface area contributed by atoms with E-state index in [1.807, 2.05) is 42.5 Å². The minimum absolute atomic E-state index is 0.752. The summed E-state index contributed by atoms with van der Waals surface area (Å²) in [7, 11) is 0. The Balaban J connectivity index is 1.78. The fourth-order valence-electron chi connectivity index (χ4n) is 2.51. The first-order valence-electron chi connectivity index (χ1n) is 6.60. The predicted octanol–water partition coefficient (Wildman–Crippen LogP) is 4.36. The van der Waals surface area contributed by atoms with Gasteiger partial charge in [0.25, 0.3) is 0 Å². The first kappa shape index (κ1) is 11.1. The van der Waals surface area contributed by atoms with Crippen LogP contribution in [0.15, 0.2) is 71.7 Å². The molecule has 3 heteroatoms. The molecule has 0 atom stereocenters. The van der Waals surface area contributed by atoms with Gasteiger partial charge in [0.1, 0.15) is 0 Å². The summed E-state index contributed by atoms with van der Waals surface area (Å²) in [5.74, 6) is 0.752. The molecule has 4 rings (SSSR count). The van der Waals surface area contributed by atoms with Crippen LogP contribution in [0, 0.1) is 0 Å². The smallest absolute Gasteiger partial charge is 0.205 e. The lowest BCUT2D eigenvalue weighted by Gasteiger charge is -2.19. The van der Waals surface area contributed by atoms with Gasteiger partial charge in [0.15, 0.2) is 0 Å². The molecule has 0 saturated heterocycles. The number of para-hydroxylation sites is 1. The van der Waals surface area contributed by atoms with E-state index in [0.717, 1.165) is 23.0 Å². The Bertz CT molecular complexity index is 802. The second kappa shape index (κ2) is 4.38. The maximum atomic E-state index is 4.65. The fourth-order valence-corrected chi connectivity index (χ4v) is 2.51. The van der Waals surface area contributed by atoms with Crippen LogP contribution in [-0.2, 0) is 0 Å². The molecular formula is C17H13N3. The van der Waals surface area contributed by atoms with Crippen molar-refractivity contribution in [3.05, 3.63) is 66.7 Å². The predicted molar refractivity (Wildman–Crippen MR) is 84.7 cm³/mol. The Labute approximate surface area is 117 Å². The molecule has 2 N–H and O–H groups in total. The SMILES string of the molecule is c1ccc(NC2=Nc3cccc4cccc(c34)N2)cc1. The van der Waals surface area contributed by atoms with Crippen molar-refractivity contribution in [1.82, 2.24) is 0 Å². The monoisotopic (exact) mass is 259 g/mol. The highest BCUT2D eigenvalue weighted by molar-refractivity contribution is 6.16. The van der Waals surface area contributed by atoms with Gasteiger partial charge in [-0.3, -0.25) is 0 Å². The number of benzene rings is 3. The van der Waals surface area contributed by atoms with Gasteiger partial charge >= 0.3 is 0 Å². The molecule has 0 aliphatic carbocycles. The summed E-state index contributed by atoms with van der Waals surface area (Å²) in [4.78, 5) is 4.65. The number of guanidine groups is 1. The zero-order chi connectivity index (χ0) is 13.4. The molecule has 3 nitrogen and oxygen atoms in total. The summed E-state index contributed by atoms with van der Waals surface area (Å²) < 4.78 is 0. The third kappa shape index (κ3) is 1.80. The van der Waals surface area contributed by atoms with Crippen LogP contribution in [0.2, 0.25) is 0 Å². The molecule has 20 heavy (non-hydrogen) atoms. The molecule has 1 aliphatic rings. The number of rotatable bonds is 1. The van der Waals surface area contributed by atoms with Crippen LogP contribution >= 0.6 is 0 Å². The lowest BCUT2D eigenvalue weighted by molar-refractivity contribution is 1.45. The van der Waals surface area contributed by atoms with E-state index in [-0.39, 0.29) is 0 Å². The molecule has 0 unspecified atom stereocenters. The Morgan fingerprint density at radius 1 is 0.800 bits per heavy atom. The molecule has 0 spiro atoms. The van der Waals surface area contributed by atoms with E-state index in [1.54, 1.807) is 0 Å². The third-order valence-electron chi connectivity index (χ3n) is 3.40. The Morgan fingerprint density at radius 3 is 2.45 bits per heavy atom. The van der Waals surface area contributed by atoms with Crippen LogP contribution in [-0.4, -0.2) is 5.96 Å². The lowest BCUT2D eigenvalue weighted by Crippen LogP contribution is -2.23. The molecule has 0 fully saturated rings. The standard InChI is InChI=1S/C17H13N3/c1-2-8-13(9-3-1)18-17-19-14-10-4-6-12-7-5-11-15(20-17)16(12)14/h1-11H,(H2,18,19,20). The molecule has 3 aromatic rings. The van der Waals surface area contributed by atoms with Crippen molar-refractivity contribution in [2.24, 2.45) is 4.99 Å². The zero-order valence-electron chi connectivity index (χ0n) is 10.8. The normalized spacial score (nSPS) is 12.7. The number of nitrogens with one attached hydrogen (secondary N) is 2. The van der Waals surface area contributed by atoms with Crippen LogP contribution in [0.4, 0.5) is 17.1 Å². The van der Waals surface area contributed by atoms with E-state index >= 15 is 0 Å². The Morgan fingerprint density at radius 2 is 1.60 bits per heavy atom. The number of aliphatic imine (C=N–C) groups is 1.